The molecule has 0 unspecified atom stereocenters. The minimum Gasteiger partial charge on any atom is -0.385 e. The molecule has 0 rings (SSSR count). The third-order valence-corrected chi connectivity index (χ3v) is 5.66. The van der Waals surface area contributed by atoms with Gasteiger partial charge in [0.25, 0.3) is 0 Å². The molecule has 0 aliphatic carbocycles. The maximum Gasteiger partial charge on any atom is 0.109 e. The summed E-state index contributed by atoms with van der Waals surface area (Å²) in [5.41, 5.74) is 7.70. The van der Waals surface area contributed by atoms with Crippen molar-refractivity contribution in [2.75, 3.05) is 27.3 Å². The van der Waals surface area contributed by atoms with E-state index in [0.717, 1.165) is 23.1 Å². The molecule has 0 saturated carbocycles. The van der Waals surface area contributed by atoms with Gasteiger partial charge >= 0.3 is 0 Å². The zero-order chi connectivity index (χ0) is 18.8. The average molecular weight is 414 g/mol. The van der Waals surface area contributed by atoms with Gasteiger partial charge in [0.15, 0.2) is 0 Å². The molecule has 0 spiro atoms. The molecule has 136 valence electrons. The smallest absolute Gasteiger partial charge is 0.109 e. The zero-order valence-corrected chi connectivity index (χ0v) is 18.3. The lowest BCUT2D eigenvalue weighted by Crippen LogP contribution is -2.23. The van der Waals surface area contributed by atoms with Crippen LogP contribution in [0.2, 0.25) is 25.7 Å². The third-order valence-electron chi connectivity index (χ3n) is 3.24. The Morgan fingerprint density at radius 1 is 1.25 bits per heavy atom. The lowest BCUT2D eigenvalue weighted by molar-refractivity contribution is 0.151. The molecular weight excluding hydrogens is 382 g/mol. The Kier molecular flexibility index (Phi) is 10.9. The van der Waals surface area contributed by atoms with E-state index in [9.17, 15) is 0 Å². The number of allylic oxidation sites excluding steroid dienone is 3. The van der Waals surface area contributed by atoms with Crippen LogP contribution in [0.15, 0.2) is 52.4 Å². The SMILES string of the molecule is C=C\N=C(C=C)/C(=C(\N)N(C)C)C(/Br)=C\CCOCC[Si](C)(C)C. The maximum absolute atomic E-state index is 6.21. The number of nitrogens with zero attached hydrogens (tertiary/aromatic N) is 2. The van der Waals surface area contributed by atoms with Gasteiger partial charge in [0.1, 0.15) is 5.82 Å². The highest BCUT2D eigenvalue weighted by Gasteiger charge is 2.14. The normalized spacial score (nSPS) is 14.2. The maximum atomic E-state index is 6.21. The van der Waals surface area contributed by atoms with Crippen molar-refractivity contribution in [3.05, 3.63) is 47.4 Å². The number of hydrogen-bond donors (Lipinski definition) is 1. The molecule has 0 fully saturated rings. The van der Waals surface area contributed by atoms with Crippen molar-refractivity contribution in [2.24, 2.45) is 10.7 Å². The minimum absolute atomic E-state index is 0.610. The van der Waals surface area contributed by atoms with Crippen LogP contribution in [0.25, 0.3) is 0 Å². The number of halogens is 1. The van der Waals surface area contributed by atoms with E-state index in [2.05, 4.69) is 59.8 Å². The standard InChI is InChI=1S/C18H32BrN3OSi/c1-8-16(21-9-2)17(18(20)22(3)4)15(19)11-10-12-23-13-14-24(5,6)7/h8-9,11H,1-2,10,12-14,20H2,3-7H3/b15-11+,18-17+,21-16-. The Morgan fingerprint density at radius 3 is 2.33 bits per heavy atom. The summed E-state index contributed by atoms with van der Waals surface area (Å²) < 4.78 is 6.60. The van der Waals surface area contributed by atoms with Crippen molar-refractivity contribution in [3.63, 3.8) is 0 Å². The molecule has 2 N–H and O–H groups in total. The van der Waals surface area contributed by atoms with Gasteiger partial charge in [-0.25, -0.2) is 0 Å². The second-order valence-electron chi connectivity index (χ2n) is 6.82. The fraction of sp³-hybridized carbons (Fsp3) is 0.500. The lowest BCUT2D eigenvalue weighted by atomic mass is 10.1. The first-order chi connectivity index (χ1) is 11.1. The molecule has 0 aliphatic heterocycles. The number of hydrogen-bond acceptors (Lipinski definition) is 4. The zero-order valence-electron chi connectivity index (χ0n) is 15.7. The summed E-state index contributed by atoms with van der Waals surface area (Å²) >= 11 is 3.61. The summed E-state index contributed by atoms with van der Waals surface area (Å²) in [5, 5.41) is 0. The van der Waals surface area contributed by atoms with E-state index in [-0.39, 0.29) is 0 Å². The van der Waals surface area contributed by atoms with Crippen LogP contribution in [0, 0.1) is 0 Å². The van der Waals surface area contributed by atoms with E-state index in [0.29, 0.717) is 18.1 Å². The van der Waals surface area contributed by atoms with Crippen molar-refractivity contribution < 1.29 is 4.74 Å². The number of aliphatic imine (C=N–C) groups is 1. The molecule has 0 amide bonds. The largest absolute Gasteiger partial charge is 0.385 e. The Balaban J connectivity index is 4.99. The van der Waals surface area contributed by atoms with E-state index >= 15 is 0 Å². The van der Waals surface area contributed by atoms with Crippen molar-refractivity contribution in [1.82, 2.24) is 4.90 Å². The minimum atomic E-state index is -1.03. The van der Waals surface area contributed by atoms with Gasteiger partial charge in [0.2, 0.25) is 0 Å². The summed E-state index contributed by atoms with van der Waals surface area (Å²) in [5.74, 6) is 0.610. The fourth-order valence-corrected chi connectivity index (χ4v) is 3.16. The van der Waals surface area contributed by atoms with Crippen LogP contribution in [0.1, 0.15) is 6.42 Å². The van der Waals surface area contributed by atoms with Crippen LogP contribution in [-0.2, 0) is 4.74 Å². The highest BCUT2D eigenvalue weighted by Crippen LogP contribution is 2.23. The van der Waals surface area contributed by atoms with Crippen LogP contribution in [0.3, 0.4) is 0 Å². The fourth-order valence-electron chi connectivity index (χ4n) is 1.77. The summed E-state index contributed by atoms with van der Waals surface area (Å²) in [6.07, 6.45) is 6.02. The first-order valence-corrected chi connectivity index (χ1v) is 12.6. The van der Waals surface area contributed by atoms with Crippen LogP contribution in [-0.4, -0.2) is 46.0 Å². The van der Waals surface area contributed by atoms with E-state index in [4.69, 9.17) is 10.5 Å². The van der Waals surface area contributed by atoms with Gasteiger partial charge in [-0.3, -0.25) is 4.99 Å². The second kappa shape index (κ2) is 11.4. The summed E-state index contributed by atoms with van der Waals surface area (Å²) in [7, 11) is 2.76. The van der Waals surface area contributed by atoms with E-state index in [1.807, 2.05) is 19.0 Å². The van der Waals surface area contributed by atoms with Gasteiger partial charge in [0.05, 0.1) is 17.9 Å². The van der Waals surface area contributed by atoms with Crippen molar-refractivity contribution in [3.8, 4) is 0 Å². The summed E-state index contributed by atoms with van der Waals surface area (Å²) in [6, 6.07) is 1.18. The van der Waals surface area contributed by atoms with Gasteiger partial charge < -0.3 is 15.4 Å². The predicted octanol–water partition coefficient (Wildman–Crippen LogP) is 4.51. The number of ether oxygens (including phenoxy) is 1. The topological polar surface area (TPSA) is 50.8 Å². The Bertz CT molecular complexity index is 517. The second-order valence-corrected chi connectivity index (χ2v) is 13.3. The molecule has 0 heterocycles. The molecular formula is C18H32BrN3OSi. The number of rotatable bonds is 11. The predicted molar refractivity (Wildman–Crippen MR) is 113 cm³/mol. The van der Waals surface area contributed by atoms with Crippen molar-refractivity contribution >= 4 is 29.7 Å². The van der Waals surface area contributed by atoms with E-state index in [1.165, 1.54) is 12.2 Å². The summed E-state index contributed by atoms with van der Waals surface area (Å²) in [6.45, 7) is 16.0. The highest BCUT2D eigenvalue weighted by molar-refractivity contribution is 9.12. The molecule has 6 heteroatoms. The summed E-state index contributed by atoms with van der Waals surface area (Å²) in [4.78, 5) is 6.10. The van der Waals surface area contributed by atoms with Gasteiger partial charge in [-0.2, -0.15) is 0 Å². The quantitative estimate of drug-likeness (QED) is 0.234. The molecule has 24 heavy (non-hydrogen) atoms. The average Bonchev–Trinajstić information content (AvgIpc) is 2.48. The molecule has 0 aliphatic rings. The van der Waals surface area contributed by atoms with Gasteiger partial charge in [0, 0.05) is 39.5 Å². The van der Waals surface area contributed by atoms with Crippen LogP contribution >= 0.6 is 15.9 Å². The Morgan fingerprint density at radius 2 is 1.88 bits per heavy atom. The van der Waals surface area contributed by atoms with Crippen molar-refractivity contribution in [1.29, 1.82) is 0 Å². The Hall–Kier alpha value is -1.11. The monoisotopic (exact) mass is 413 g/mol. The van der Waals surface area contributed by atoms with Crippen LogP contribution in [0.4, 0.5) is 0 Å². The third kappa shape index (κ3) is 9.25. The molecule has 0 radical (unpaired) electrons. The molecule has 0 aromatic rings. The van der Waals surface area contributed by atoms with Gasteiger partial charge in [-0.05, 0) is 18.5 Å². The van der Waals surface area contributed by atoms with Crippen LogP contribution < -0.4 is 5.73 Å². The molecule has 0 saturated heterocycles. The van der Waals surface area contributed by atoms with Crippen LogP contribution in [0.5, 0.6) is 0 Å². The van der Waals surface area contributed by atoms with Crippen molar-refractivity contribution in [2.45, 2.75) is 32.1 Å². The molecule has 4 nitrogen and oxygen atoms in total. The molecule has 0 aromatic carbocycles. The molecule has 0 atom stereocenters. The molecule has 0 aromatic heterocycles. The van der Waals surface area contributed by atoms with E-state index in [1.54, 1.807) is 6.08 Å². The van der Waals surface area contributed by atoms with Gasteiger partial charge in [-0.15, -0.1) is 0 Å². The Labute approximate surface area is 157 Å². The first kappa shape index (κ1) is 22.9. The molecule has 0 bridgehead atoms. The first-order valence-electron chi connectivity index (χ1n) is 8.06. The van der Waals surface area contributed by atoms with Gasteiger partial charge in [-0.1, -0.05) is 54.8 Å². The van der Waals surface area contributed by atoms with E-state index < -0.39 is 8.07 Å². The highest BCUT2D eigenvalue weighted by atomic mass is 79.9. The number of nitrogens with two attached hydrogens (primary N) is 1. The lowest BCUT2D eigenvalue weighted by Gasteiger charge is -2.18.